The molecule has 0 unspecified atom stereocenters. The zero-order chi connectivity index (χ0) is 15.4. The first-order valence-electron chi connectivity index (χ1n) is 2.73. The van der Waals surface area contributed by atoms with Crippen LogP contribution in [0, 0.1) is 0 Å². The van der Waals surface area contributed by atoms with Gasteiger partial charge in [0.15, 0.2) is 0 Å². The van der Waals surface area contributed by atoms with E-state index in [4.69, 9.17) is 18.2 Å². The van der Waals surface area contributed by atoms with Crippen LogP contribution in [0.25, 0.3) is 0 Å². The average molecular weight is 388 g/mol. The van der Waals surface area contributed by atoms with Crippen LogP contribution >= 0.6 is 0 Å². The number of hydrogen-bond donors (Lipinski definition) is 4. The van der Waals surface area contributed by atoms with Gasteiger partial charge >= 0.3 is 41.6 Å². The van der Waals surface area contributed by atoms with Crippen molar-refractivity contribution in [1.82, 2.24) is 0 Å². The molecule has 0 spiro atoms. The van der Waals surface area contributed by atoms with Crippen molar-refractivity contribution < 1.29 is 59.1 Å². The summed E-state index contributed by atoms with van der Waals surface area (Å²) in [4.78, 5) is 0. The fraction of sp³-hybridized carbons (Fsp3) is 0. The van der Waals surface area contributed by atoms with Gasteiger partial charge in [-0.15, -0.1) is 7.26 Å². The molecule has 14 nitrogen and oxygen atoms in total. The van der Waals surface area contributed by atoms with Gasteiger partial charge in [0, 0.05) is 0 Å². The van der Waals surface area contributed by atoms with Gasteiger partial charge in [-0.25, -0.2) is 0 Å². The monoisotopic (exact) mass is 388 g/mol. The third-order valence-electron chi connectivity index (χ3n) is 0.344. The first-order chi connectivity index (χ1) is 7.41. The van der Waals surface area contributed by atoms with E-state index >= 15 is 0 Å². The van der Waals surface area contributed by atoms with Gasteiger partial charge in [0.25, 0.3) is 0 Å². The Morgan fingerprint density at radius 1 is 0.474 bits per heavy atom. The van der Waals surface area contributed by atoms with E-state index in [1.54, 1.807) is 0 Å². The molecule has 0 aliphatic rings. The highest BCUT2D eigenvalue weighted by Crippen LogP contribution is 1.92. The quantitative estimate of drug-likeness (QED) is 0.264. The van der Waals surface area contributed by atoms with Gasteiger partial charge < -0.3 is 0 Å². The molecule has 19 heteroatoms. The van der Waals surface area contributed by atoms with Crippen LogP contribution in [-0.4, -0.2) is 62.8 Å². The average Bonchev–Trinajstić information content (AvgIpc) is 1.64. The maximum absolute atomic E-state index is 9.44. The van der Waals surface area contributed by atoms with E-state index in [0.717, 1.165) is 0 Å². The minimum absolute atomic E-state index is 0. The van der Waals surface area contributed by atoms with Gasteiger partial charge in [-0.3, -0.25) is 18.2 Å². The van der Waals surface area contributed by atoms with E-state index in [2.05, 4.69) is 7.26 Å². The second-order valence-corrected chi connectivity index (χ2v) is 6.36. The standard InChI is InChI=1S/2H2O7S2.H4Si/c2*1-8(2,3)7-9(4,5)6;/h2*(H,1,2,3)(H,4,5,6);1H4. The normalized spacial score (nSPS) is 12.8. The Balaban J connectivity index is -0.000000256. The molecule has 0 aromatic carbocycles. The van der Waals surface area contributed by atoms with E-state index in [1.165, 1.54) is 0 Å². The molecule has 0 atom stereocenters. The van der Waals surface area contributed by atoms with Gasteiger partial charge in [0.1, 0.15) is 0 Å². The van der Waals surface area contributed by atoms with E-state index in [-0.39, 0.29) is 11.0 Å². The van der Waals surface area contributed by atoms with Crippen molar-refractivity contribution in [3.05, 3.63) is 0 Å². The van der Waals surface area contributed by atoms with E-state index in [0.29, 0.717) is 0 Å². The Hall–Kier alpha value is -0.223. The molecule has 0 rings (SSSR count). The summed E-state index contributed by atoms with van der Waals surface area (Å²) in [7, 11) is -20.5. The molecule has 4 N–H and O–H groups in total. The van der Waals surface area contributed by atoms with Crippen LogP contribution in [0.2, 0.25) is 0 Å². The highest BCUT2D eigenvalue weighted by Gasteiger charge is 2.16. The van der Waals surface area contributed by atoms with Crippen LogP contribution in [0.1, 0.15) is 0 Å². The predicted molar refractivity (Wildman–Crippen MR) is 59.7 cm³/mol. The van der Waals surface area contributed by atoms with Crippen LogP contribution in [0.15, 0.2) is 0 Å². The van der Waals surface area contributed by atoms with Crippen molar-refractivity contribution >= 4 is 52.6 Å². The second-order valence-electron chi connectivity index (χ2n) is 1.85. The highest BCUT2D eigenvalue weighted by atomic mass is 32.3. The largest absolute Gasteiger partial charge is 0.413 e. The topological polar surface area (TPSA) is 236 Å². The fourth-order valence-corrected chi connectivity index (χ4v) is 1.96. The van der Waals surface area contributed by atoms with Crippen LogP contribution in [0.3, 0.4) is 0 Å². The van der Waals surface area contributed by atoms with E-state index in [9.17, 15) is 33.7 Å². The van der Waals surface area contributed by atoms with Gasteiger partial charge in [-0.05, 0) is 11.0 Å². The Bertz CT molecular complexity index is 532. The maximum Gasteiger partial charge on any atom is 0.413 e. The molecule has 0 aromatic heterocycles. The molecule has 0 saturated heterocycles. The lowest BCUT2D eigenvalue weighted by atomic mass is 15.8. The van der Waals surface area contributed by atoms with Crippen LogP contribution < -0.4 is 0 Å². The van der Waals surface area contributed by atoms with Crippen LogP contribution in [0.4, 0.5) is 0 Å². The lowest BCUT2D eigenvalue weighted by Gasteiger charge is -1.89. The van der Waals surface area contributed by atoms with Crippen molar-refractivity contribution in [3.63, 3.8) is 0 Å². The van der Waals surface area contributed by atoms with Crippen molar-refractivity contribution in [2.45, 2.75) is 0 Å². The molecule has 0 aliphatic carbocycles. The van der Waals surface area contributed by atoms with Crippen molar-refractivity contribution in [2.75, 3.05) is 0 Å². The van der Waals surface area contributed by atoms with Gasteiger partial charge in [-0.2, -0.15) is 33.7 Å². The molecule has 0 radical (unpaired) electrons. The summed E-state index contributed by atoms with van der Waals surface area (Å²) in [6.07, 6.45) is 0. The summed E-state index contributed by atoms with van der Waals surface area (Å²) in [5.41, 5.74) is 0. The van der Waals surface area contributed by atoms with Gasteiger partial charge in [0.05, 0.1) is 0 Å². The Kier molecular flexibility index (Phi) is 9.45. The van der Waals surface area contributed by atoms with Crippen molar-refractivity contribution in [2.24, 2.45) is 0 Å². The minimum atomic E-state index is -5.12. The minimum Gasteiger partial charge on any atom is -0.263 e. The lowest BCUT2D eigenvalue weighted by molar-refractivity contribution is 0.339. The summed E-state index contributed by atoms with van der Waals surface area (Å²) < 4.78 is 111. The molecule has 0 saturated carbocycles. The molecule has 0 aromatic rings. The first-order valence-corrected chi connectivity index (χ1v) is 8.19. The zero-order valence-electron chi connectivity index (χ0n) is 7.50. The molecular weight excluding hydrogens is 380 g/mol. The van der Waals surface area contributed by atoms with Crippen LogP contribution in [0.5, 0.6) is 0 Å². The lowest BCUT2D eigenvalue weighted by Crippen LogP contribution is -2.10. The second kappa shape index (κ2) is 7.53. The third-order valence-corrected chi connectivity index (χ3v) is 3.10. The molecule has 0 aliphatic heterocycles. The molecular formula is H8O14S4Si. The number of rotatable bonds is 4. The zero-order valence-corrected chi connectivity index (χ0v) is 10.8. The smallest absolute Gasteiger partial charge is 0.263 e. The maximum atomic E-state index is 9.44. The highest BCUT2D eigenvalue weighted by molar-refractivity contribution is 7.94. The Morgan fingerprint density at radius 3 is 0.579 bits per heavy atom. The predicted octanol–water partition coefficient (Wildman–Crippen LogP) is -4.23. The van der Waals surface area contributed by atoms with Crippen molar-refractivity contribution in [3.8, 4) is 0 Å². The van der Waals surface area contributed by atoms with Crippen LogP contribution in [-0.2, 0) is 48.9 Å². The van der Waals surface area contributed by atoms with E-state index < -0.39 is 41.6 Å². The molecule has 19 heavy (non-hydrogen) atoms. The molecule has 0 fully saturated rings. The number of hydrogen-bond acceptors (Lipinski definition) is 10. The Labute approximate surface area is 112 Å². The first kappa shape index (κ1) is 23.8. The Morgan fingerprint density at radius 2 is 0.579 bits per heavy atom. The summed E-state index contributed by atoms with van der Waals surface area (Å²) in [6, 6.07) is 0. The summed E-state index contributed by atoms with van der Waals surface area (Å²) in [5, 5.41) is 0. The molecule has 0 amide bonds. The third kappa shape index (κ3) is 31.9. The van der Waals surface area contributed by atoms with Gasteiger partial charge in [-0.1, -0.05) is 0 Å². The van der Waals surface area contributed by atoms with Crippen molar-refractivity contribution in [1.29, 1.82) is 0 Å². The summed E-state index contributed by atoms with van der Waals surface area (Å²) in [6.45, 7) is 0. The summed E-state index contributed by atoms with van der Waals surface area (Å²) >= 11 is 0. The molecule has 120 valence electrons. The fourth-order valence-electron chi connectivity index (χ4n) is 0.217. The molecule has 0 heterocycles. The van der Waals surface area contributed by atoms with E-state index in [1.807, 2.05) is 0 Å². The molecule has 0 bridgehead atoms. The summed E-state index contributed by atoms with van der Waals surface area (Å²) in [5.74, 6) is 0. The SMILES string of the molecule is O=S(=O)(O)OS(=O)(=O)O.O=S(=O)(O)OS(=O)(=O)O.[SiH4]. The van der Waals surface area contributed by atoms with Gasteiger partial charge in [0.2, 0.25) is 0 Å².